The maximum atomic E-state index is 13.7. The standard InChI is InChI=1S/C29H26F2N2O2/c1-19-4-2-6-25(16-19)35-18-27(34)33-29(21-10-14-24(31)15-11-21)26-7-3-5-22(28(26)32-33)17-20-8-12-23(30)13-9-20/h2,4,6,8-17,26,29H,3,5,7,18H2,1H3. The molecular formula is C29H26F2N2O2. The number of hydrogen-bond donors (Lipinski definition) is 0. The molecule has 1 amide bonds. The third-order valence-corrected chi connectivity index (χ3v) is 6.53. The molecule has 0 bridgehead atoms. The summed E-state index contributed by atoms with van der Waals surface area (Å²) >= 11 is 0. The SMILES string of the molecule is Cc1cccc(OCC(=O)N2N=C3C(=Cc4ccc(F)cc4)CCCC3C2c2ccc(F)cc2)c1. The lowest BCUT2D eigenvalue weighted by atomic mass is 9.77. The molecule has 5 rings (SSSR count). The zero-order valence-electron chi connectivity index (χ0n) is 19.5. The summed E-state index contributed by atoms with van der Waals surface area (Å²) in [7, 11) is 0. The summed E-state index contributed by atoms with van der Waals surface area (Å²) in [6.45, 7) is 1.81. The molecule has 6 heteroatoms. The summed E-state index contributed by atoms with van der Waals surface area (Å²) in [6.07, 6.45) is 4.65. The predicted molar refractivity (Wildman–Crippen MR) is 132 cm³/mol. The van der Waals surface area contributed by atoms with Gasteiger partial charge in [0.15, 0.2) is 6.61 Å². The van der Waals surface area contributed by atoms with E-state index in [0.717, 1.165) is 47.2 Å². The van der Waals surface area contributed by atoms with E-state index >= 15 is 0 Å². The Bertz CT molecular complexity index is 1280. The molecule has 1 aliphatic heterocycles. The lowest BCUT2D eigenvalue weighted by molar-refractivity contribution is -0.135. The monoisotopic (exact) mass is 472 g/mol. The summed E-state index contributed by atoms with van der Waals surface area (Å²) in [5.41, 5.74) is 4.66. The number of benzene rings is 3. The Morgan fingerprint density at radius 1 is 1.06 bits per heavy atom. The number of hydrazone groups is 1. The normalized spacial score (nSPS) is 20.5. The fourth-order valence-electron chi connectivity index (χ4n) is 4.88. The topological polar surface area (TPSA) is 41.9 Å². The Morgan fingerprint density at radius 2 is 1.77 bits per heavy atom. The Kier molecular flexibility index (Phi) is 6.45. The Balaban J connectivity index is 1.46. The molecule has 2 unspecified atom stereocenters. The fourth-order valence-corrected chi connectivity index (χ4v) is 4.88. The second-order valence-electron chi connectivity index (χ2n) is 9.04. The molecule has 3 aromatic rings. The number of ether oxygens (including phenoxy) is 1. The highest BCUT2D eigenvalue weighted by Gasteiger charge is 2.43. The second kappa shape index (κ2) is 9.82. The second-order valence-corrected chi connectivity index (χ2v) is 9.04. The van der Waals surface area contributed by atoms with Crippen molar-refractivity contribution in [3.05, 3.63) is 107 Å². The van der Waals surface area contributed by atoms with E-state index in [9.17, 15) is 13.6 Å². The van der Waals surface area contributed by atoms with Crippen molar-refractivity contribution in [2.75, 3.05) is 6.61 Å². The first-order valence-corrected chi connectivity index (χ1v) is 11.8. The van der Waals surface area contributed by atoms with Crippen molar-refractivity contribution in [1.29, 1.82) is 0 Å². The van der Waals surface area contributed by atoms with Crippen molar-refractivity contribution in [1.82, 2.24) is 5.01 Å². The van der Waals surface area contributed by atoms with Crippen molar-refractivity contribution in [3.63, 3.8) is 0 Å². The Labute approximate surface area is 203 Å². The minimum Gasteiger partial charge on any atom is -0.484 e. The van der Waals surface area contributed by atoms with Gasteiger partial charge in [0.2, 0.25) is 0 Å². The van der Waals surface area contributed by atoms with Crippen molar-refractivity contribution in [3.8, 4) is 5.75 Å². The van der Waals surface area contributed by atoms with E-state index in [1.165, 1.54) is 29.3 Å². The highest BCUT2D eigenvalue weighted by atomic mass is 19.1. The van der Waals surface area contributed by atoms with Gasteiger partial charge in [0, 0.05) is 5.92 Å². The van der Waals surface area contributed by atoms with Crippen molar-refractivity contribution < 1.29 is 18.3 Å². The van der Waals surface area contributed by atoms with Gasteiger partial charge in [0.25, 0.3) is 5.91 Å². The van der Waals surface area contributed by atoms with Crippen LogP contribution in [0.25, 0.3) is 6.08 Å². The predicted octanol–water partition coefficient (Wildman–Crippen LogP) is 6.48. The number of amides is 1. The summed E-state index contributed by atoms with van der Waals surface area (Å²) < 4.78 is 32.8. The molecular weight excluding hydrogens is 446 g/mol. The van der Waals surface area contributed by atoms with Gasteiger partial charge in [-0.05, 0) is 90.9 Å². The molecule has 1 heterocycles. The maximum absolute atomic E-state index is 13.7. The van der Waals surface area contributed by atoms with Gasteiger partial charge < -0.3 is 4.74 Å². The number of carbonyl (C=O) groups is 1. The van der Waals surface area contributed by atoms with Gasteiger partial charge in [-0.15, -0.1) is 0 Å². The van der Waals surface area contributed by atoms with Gasteiger partial charge in [0.1, 0.15) is 17.4 Å². The van der Waals surface area contributed by atoms with Crippen LogP contribution in [0.3, 0.4) is 0 Å². The summed E-state index contributed by atoms with van der Waals surface area (Å²) in [4.78, 5) is 13.4. The number of fused-ring (bicyclic) bond motifs is 1. The molecule has 35 heavy (non-hydrogen) atoms. The molecule has 1 saturated carbocycles. The van der Waals surface area contributed by atoms with Gasteiger partial charge >= 0.3 is 0 Å². The number of aryl methyl sites for hydroxylation is 1. The average Bonchev–Trinajstić information content (AvgIpc) is 3.25. The van der Waals surface area contributed by atoms with Crippen LogP contribution in [0.4, 0.5) is 8.78 Å². The number of carbonyl (C=O) groups excluding carboxylic acids is 1. The van der Waals surface area contributed by atoms with Gasteiger partial charge in [-0.3, -0.25) is 4.79 Å². The molecule has 2 aliphatic rings. The zero-order valence-corrected chi connectivity index (χ0v) is 19.5. The Hall–Kier alpha value is -3.80. The first-order valence-electron chi connectivity index (χ1n) is 11.8. The van der Waals surface area contributed by atoms with Crippen LogP contribution in [-0.4, -0.2) is 23.2 Å². The highest BCUT2D eigenvalue weighted by Crippen LogP contribution is 2.44. The van der Waals surface area contributed by atoms with Gasteiger partial charge in [-0.1, -0.05) is 36.4 Å². The molecule has 3 aromatic carbocycles. The summed E-state index contributed by atoms with van der Waals surface area (Å²) in [5, 5.41) is 6.31. The third-order valence-electron chi connectivity index (χ3n) is 6.53. The minimum atomic E-state index is -0.337. The van der Waals surface area contributed by atoms with Crippen LogP contribution in [-0.2, 0) is 4.79 Å². The smallest absolute Gasteiger partial charge is 0.281 e. The van der Waals surface area contributed by atoms with Crippen LogP contribution in [0.2, 0.25) is 0 Å². The largest absolute Gasteiger partial charge is 0.484 e. The van der Waals surface area contributed by atoms with Crippen molar-refractivity contribution in [2.45, 2.75) is 32.2 Å². The first kappa shape index (κ1) is 23.0. The quantitative estimate of drug-likeness (QED) is 0.427. The highest BCUT2D eigenvalue weighted by molar-refractivity contribution is 6.08. The van der Waals surface area contributed by atoms with E-state index in [-0.39, 0.29) is 36.1 Å². The van der Waals surface area contributed by atoms with Gasteiger partial charge in [-0.2, -0.15) is 5.10 Å². The molecule has 0 aromatic heterocycles. The lowest BCUT2D eigenvalue weighted by Crippen LogP contribution is -2.34. The van der Waals surface area contributed by atoms with E-state index < -0.39 is 0 Å². The summed E-state index contributed by atoms with van der Waals surface area (Å²) in [6, 6.07) is 19.8. The zero-order chi connectivity index (χ0) is 24.4. The number of halogens is 2. The Morgan fingerprint density at radius 3 is 2.49 bits per heavy atom. The molecule has 1 aliphatic carbocycles. The maximum Gasteiger partial charge on any atom is 0.281 e. The minimum absolute atomic E-state index is 0.0103. The fraction of sp³-hybridized carbons (Fsp3) is 0.241. The van der Waals surface area contributed by atoms with Crippen molar-refractivity contribution >= 4 is 17.7 Å². The number of rotatable bonds is 5. The third kappa shape index (κ3) is 5.02. The molecule has 0 saturated heterocycles. The number of hydrogen-bond acceptors (Lipinski definition) is 3. The molecule has 1 fully saturated rings. The van der Waals surface area contributed by atoms with Crippen LogP contribution in [0.15, 0.2) is 83.5 Å². The molecule has 2 atom stereocenters. The van der Waals surface area contributed by atoms with Crippen LogP contribution < -0.4 is 4.74 Å². The van der Waals surface area contributed by atoms with E-state index in [1.54, 1.807) is 24.3 Å². The van der Waals surface area contributed by atoms with E-state index in [0.29, 0.717) is 5.75 Å². The van der Waals surface area contributed by atoms with Crippen LogP contribution in [0, 0.1) is 24.5 Å². The number of nitrogens with zero attached hydrogens (tertiary/aromatic N) is 2. The number of allylic oxidation sites excluding steroid dienone is 1. The molecule has 0 N–H and O–H groups in total. The van der Waals surface area contributed by atoms with Gasteiger partial charge in [0.05, 0.1) is 11.8 Å². The first-order chi connectivity index (χ1) is 17.0. The molecule has 0 spiro atoms. The lowest BCUT2D eigenvalue weighted by Gasteiger charge is -2.29. The molecule has 4 nitrogen and oxygen atoms in total. The summed E-state index contributed by atoms with van der Waals surface area (Å²) in [5.74, 6) is -0.256. The average molecular weight is 473 g/mol. The van der Waals surface area contributed by atoms with E-state index in [2.05, 4.69) is 0 Å². The molecule has 178 valence electrons. The van der Waals surface area contributed by atoms with Crippen LogP contribution in [0.5, 0.6) is 5.75 Å². The van der Waals surface area contributed by atoms with Gasteiger partial charge in [-0.25, -0.2) is 13.8 Å². The van der Waals surface area contributed by atoms with Crippen LogP contribution >= 0.6 is 0 Å². The molecule has 0 radical (unpaired) electrons. The van der Waals surface area contributed by atoms with E-state index in [4.69, 9.17) is 9.84 Å². The van der Waals surface area contributed by atoms with E-state index in [1.807, 2.05) is 37.3 Å². The van der Waals surface area contributed by atoms with Crippen molar-refractivity contribution in [2.24, 2.45) is 11.0 Å². The van der Waals surface area contributed by atoms with Crippen LogP contribution in [0.1, 0.15) is 42.0 Å².